The first kappa shape index (κ1) is 34.0. The molecule has 1 saturated carbocycles. The van der Waals surface area contributed by atoms with Crippen LogP contribution in [-0.4, -0.2) is 58.3 Å². The van der Waals surface area contributed by atoms with Crippen LogP contribution in [0.2, 0.25) is 0 Å². The topological polar surface area (TPSA) is 142 Å². The molecule has 0 heterocycles. The number of amides is 1. The van der Waals surface area contributed by atoms with Gasteiger partial charge in [0.1, 0.15) is 6.29 Å². The summed E-state index contributed by atoms with van der Waals surface area (Å²) >= 11 is 0. The first-order chi connectivity index (χ1) is 20.7. The van der Waals surface area contributed by atoms with Crippen LogP contribution in [0.25, 0.3) is 0 Å². The summed E-state index contributed by atoms with van der Waals surface area (Å²) in [5.74, 6) is -0.621. The van der Waals surface area contributed by atoms with Crippen LogP contribution in [0.3, 0.4) is 0 Å². The van der Waals surface area contributed by atoms with E-state index in [1.807, 2.05) is 42.5 Å². The maximum Gasteiger partial charge on any atom is 0.410 e. The fourth-order valence-electron chi connectivity index (χ4n) is 5.56. The minimum atomic E-state index is -1.05. The predicted molar refractivity (Wildman–Crippen MR) is 162 cm³/mol. The highest BCUT2D eigenvalue weighted by Crippen LogP contribution is 2.38. The van der Waals surface area contributed by atoms with Gasteiger partial charge in [-0.2, -0.15) is 0 Å². The summed E-state index contributed by atoms with van der Waals surface area (Å²) in [6.45, 7) is 1.63. The zero-order valence-electron chi connectivity index (χ0n) is 24.8. The third-order valence-corrected chi connectivity index (χ3v) is 7.88. The molecule has 1 aliphatic rings. The maximum absolute atomic E-state index is 12.1. The largest absolute Gasteiger partial charge is 0.425 e. The molecule has 1 fully saturated rings. The Morgan fingerprint density at radius 3 is 2.49 bits per heavy atom. The van der Waals surface area contributed by atoms with Crippen molar-refractivity contribution >= 4 is 18.3 Å². The Morgan fingerprint density at radius 1 is 0.977 bits per heavy atom. The number of aliphatic hydroxyl groups is 3. The molecule has 1 unspecified atom stereocenters. The van der Waals surface area contributed by atoms with Crippen LogP contribution < -0.4 is 5.32 Å². The number of rotatable bonds is 17. The van der Waals surface area contributed by atoms with Gasteiger partial charge in [-0.3, -0.25) is 9.59 Å². The van der Waals surface area contributed by atoms with E-state index in [4.69, 9.17) is 9.47 Å². The Bertz CT molecular complexity index is 1170. The van der Waals surface area contributed by atoms with Gasteiger partial charge in [-0.05, 0) is 80.4 Å². The Kier molecular flexibility index (Phi) is 14.4. The van der Waals surface area contributed by atoms with E-state index in [2.05, 4.69) is 5.32 Å². The molecule has 0 aromatic heterocycles. The summed E-state index contributed by atoms with van der Waals surface area (Å²) in [5, 5.41) is 34.1. The second kappa shape index (κ2) is 18.2. The van der Waals surface area contributed by atoms with E-state index in [1.165, 1.54) is 12.5 Å². The molecule has 1 amide bonds. The monoisotopic (exact) mass is 595 g/mol. The molecule has 4 N–H and O–H groups in total. The lowest BCUT2D eigenvalue weighted by molar-refractivity contribution is -0.164. The molecule has 43 heavy (non-hydrogen) atoms. The molecule has 1 aliphatic carbocycles. The van der Waals surface area contributed by atoms with E-state index in [0.717, 1.165) is 18.3 Å². The Balaban J connectivity index is 1.29. The number of benzene rings is 2. The molecule has 0 aliphatic heterocycles. The fraction of sp³-hybridized carbons (Fsp3) is 0.500. The Morgan fingerprint density at radius 2 is 1.72 bits per heavy atom. The fourth-order valence-corrected chi connectivity index (χ4v) is 5.56. The number of hydrogen-bond donors (Lipinski definition) is 4. The van der Waals surface area contributed by atoms with Gasteiger partial charge in [0.05, 0.1) is 18.3 Å². The average molecular weight is 596 g/mol. The minimum absolute atomic E-state index is 0.0683. The second-order valence-corrected chi connectivity index (χ2v) is 11.2. The summed E-state index contributed by atoms with van der Waals surface area (Å²) in [6, 6.07) is 16.8. The van der Waals surface area contributed by atoms with Gasteiger partial charge in [0, 0.05) is 25.5 Å². The van der Waals surface area contributed by atoms with Crippen LogP contribution in [-0.2, 0) is 27.2 Å². The molecular weight excluding hydrogens is 550 g/mol. The third-order valence-electron chi connectivity index (χ3n) is 7.88. The number of alkyl carbamates (subject to hydrolysis) is 1. The van der Waals surface area contributed by atoms with Crippen molar-refractivity contribution in [3.05, 3.63) is 83.4 Å². The van der Waals surface area contributed by atoms with Gasteiger partial charge in [-0.1, -0.05) is 60.7 Å². The smallest absolute Gasteiger partial charge is 0.410 e. The molecule has 0 radical (unpaired) electrons. The van der Waals surface area contributed by atoms with Gasteiger partial charge in [0.25, 0.3) is 0 Å². The Hall–Kier alpha value is -3.53. The number of aldehydes is 1. The van der Waals surface area contributed by atoms with Gasteiger partial charge >= 0.3 is 12.1 Å². The van der Waals surface area contributed by atoms with Crippen LogP contribution >= 0.6 is 0 Å². The van der Waals surface area contributed by atoms with E-state index in [9.17, 15) is 29.7 Å². The van der Waals surface area contributed by atoms with Gasteiger partial charge < -0.3 is 30.1 Å². The van der Waals surface area contributed by atoms with Gasteiger partial charge in [0.2, 0.25) is 6.29 Å². The van der Waals surface area contributed by atoms with Crippen molar-refractivity contribution in [3.63, 3.8) is 0 Å². The molecular formula is C34H45NO8. The molecule has 0 saturated heterocycles. The number of carbonyl (C=O) groups is 3. The van der Waals surface area contributed by atoms with Crippen molar-refractivity contribution in [1.82, 2.24) is 5.32 Å². The zero-order valence-corrected chi connectivity index (χ0v) is 24.8. The standard InChI is InChI=1S/C34H45NO8/c1-24(43-34(41)35-22-26-12-9-13-27(20-26)23-36)42-33(40)15-8-3-2-7-14-29-30(32(39)21-31(29)38)19-18-28(37)17-16-25-10-5-4-6-11-25/h2,4-7,9-13,20,23-24,28-32,37-39H,3,8,14-19,21-22H2,1H3,(H,35,41)/b7-2-/t24?,28-,29+,30+,31+,32+/m0/s1. The van der Waals surface area contributed by atoms with Crippen LogP contribution in [0.1, 0.15) is 79.8 Å². The number of ether oxygens (including phenoxy) is 2. The number of allylic oxidation sites excluding steroid dienone is 2. The molecule has 3 rings (SSSR count). The van der Waals surface area contributed by atoms with Crippen LogP contribution in [0.15, 0.2) is 66.7 Å². The lowest BCUT2D eigenvalue weighted by atomic mass is 9.85. The number of carbonyl (C=O) groups excluding carboxylic acids is 3. The second-order valence-electron chi connectivity index (χ2n) is 11.2. The summed E-state index contributed by atoms with van der Waals surface area (Å²) in [5.41, 5.74) is 2.43. The number of nitrogens with one attached hydrogen (secondary N) is 1. The van der Waals surface area contributed by atoms with E-state index in [-0.39, 0.29) is 24.8 Å². The minimum Gasteiger partial charge on any atom is -0.425 e. The summed E-state index contributed by atoms with van der Waals surface area (Å²) < 4.78 is 10.2. The SMILES string of the molecule is CC(OC(=O)CCC/C=C\C[C@@H]1[C@@H](CC[C@@H](O)CCc2ccccc2)[C@H](O)C[C@H]1O)OC(=O)NCc1cccc(C=O)c1. The highest BCUT2D eigenvalue weighted by atomic mass is 16.7. The van der Waals surface area contributed by atoms with Crippen molar-refractivity contribution in [2.24, 2.45) is 11.8 Å². The first-order valence-electron chi connectivity index (χ1n) is 15.2. The zero-order chi connectivity index (χ0) is 31.0. The van der Waals surface area contributed by atoms with E-state index in [0.29, 0.717) is 50.5 Å². The lowest BCUT2D eigenvalue weighted by Gasteiger charge is -2.23. The molecule has 234 valence electrons. The number of aliphatic hydroxyl groups excluding tert-OH is 3. The molecule has 2 aromatic rings. The van der Waals surface area contributed by atoms with Crippen LogP contribution in [0.5, 0.6) is 0 Å². The first-order valence-corrected chi connectivity index (χ1v) is 15.2. The number of hydrogen-bond acceptors (Lipinski definition) is 8. The van der Waals surface area contributed by atoms with Gasteiger partial charge in [-0.25, -0.2) is 4.79 Å². The van der Waals surface area contributed by atoms with Crippen molar-refractivity contribution in [2.75, 3.05) is 0 Å². The van der Waals surface area contributed by atoms with E-state index < -0.39 is 36.7 Å². The Labute approximate surface area is 253 Å². The number of esters is 1. The molecule has 9 heteroatoms. The number of unbranched alkanes of at least 4 members (excludes halogenated alkanes) is 1. The maximum atomic E-state index is 12.1. The van der Waals surface area contributed by atoms with Crippen molar-refractivity contribution < 1.29 is 39.2 Å². The van der Waals surface area contributed by atoms with Crippen molar-refractivity contribution in [3.8, 4) is 0 Å². The van der Waals surface area contributed by atoms with Crippen LogP contribution in [0.4, 0.5) is 4.79 Å². The van der Waals surface area contributed by atoms with Gasteiger partial charge in [0.15, 0.2) is 0 Å². The highest BCUT2D eigenvalue weighted by Gasteiger charge is 2.40. The molecule has 6 atom stereocenters. The molecule has 9 nitrogen and oxygen atoms in total. The van der Waals surface area contributed by atoms with Crippen molar-refractivity contribution in [1.29, 1.82) is 0 Å². The summed E-state index contributed by atoms with van der Waals surface area (Å²) in [6.07, 6.45) is 6.30. The molecule has 2 aromatic carbocycles. The summed E-state index contributed by atoms with van der Waals surface area (Å²) in [4.78, 5) is 35.0. The predicted octanol–water partition coefficient (Wildman–Crippen LogP) is 4.86. The van der Waals surface area contributed by atoms with E-state index in [1.54, 1.807) is 24.3 Å². The third kappa shape index (κ3) is 12.3. The summed E-state index contributed by atoms with van der Waals surface area (Å²) in [7, 11) is 0. The quantitative estimate of drug-likeness (QED) is 0.0668. The van der Waals surface area contributed by atoms with Crippen LogP contribution in [0, 0.1) is 11.8 Å². The normalized spacial score (nSPS) is 21.3. The lowest BCUT2D eigenvalue weighted by Crippen LogP contribution is -2.29. The number of aryl methyl sites for hydroxylation is 1. The van der Waals surface area contributed by atoms with Crippen molar-refractivity contribution in [2.45, 2.75) is 95.9 Å². The molecule has 0 spiro atoms. The van der Waals surface area contributed by atoms with E-state index >= 15 is 0 Å². The molecule has 0 bridgehead atoms. The highest BCUT2D eigenvalue weighted by molar-refractivity contribution is 5.75. The van der Waals surface area contributed by atoms with Gasteiger partial charge in [-0.15, -0.1) is 0 Å². The average Bonchev–Trinajstić information content (AvgIpc) is 3.27.